The van der Waals surface area contributed by atoms with Crippen LogP contribution in [0.5, 0.6) is 0 Å². The Morgan fingerprint density at radius 2 is 2.04 bits per heavy atom. The first-order valence-corrected chi connectivity index (χ1v) is 8.18. The number of nitrogens with one attached hydrogen (secondary N) is 2. The molecule has 0 radical (unpaired) electrons. The van der Waals surface area contributed by atoms with Crippen molar-refractivity contribution >= 4 is 11.7 Å². The first-order chi connectivity index (χ1) is 11.0. The van der Waals surface area contributed by atoms with Crippen molar-refractivity contribution in [2.45, 2.75) is 46.1 Å². The van der Waals surface area contributed by atoms with Gasteiger partial charge in [-0.05, 0) is 56.9 Å². The van der Waals surface area contributed by atoms with Gasteiger partial charge in [0, 0.05) is 36.6 Å². The van der Waals surface area contributed by atoms with Gasteiger partial charge in [0.25, 0.3) is 0 Å². The number of carbonyl (C=O) groups is 1. The lowest BCUT2D eigenvalue weighted by atomic mass is 10.1. The summed E-state index contributed by atoms with van der Waals surface area (Å²) in [7, 11) is 0. The largest absolute Gasteiger partial charge is 0.336 e. The maximum absolute atomic E-state index is 12.0. The Morgan fingerprint density at radius 3 is 2.74 bits per heavy atom. The number of hydrogen-bond acceptors (Lipinski definition) is 2. The number of imidazole rings is 1. The third-order valence-electron chi connectivity index (χ3n) is 4.41. The zero-order chi connectivity index (χ0) is 16.4. The minimum atomic E-state index is -0.168. The summed E-state index contributed by atoms with van der Waals surface area (Å²) >= 11 is 0. The Hall–Kier alpha value is -2.30. The Kier molecular flexibility index (Phi) is 4.37. The van der Waals surface area contributed by atoms with Gasteiger partial charge in [-0.2, -0.15) is 0 Å². The standard InChI is InChI=1S/C18H24N4O/c1-12-4-7-16(10-13(12)2)21-18(23)19-8-9-22-14(3)11-20-17(22)15-5-6-15/h4,7,10-11,15H,5-6,8-9H2,1-3H3,(H2,19,21,23). The summed E-state index contributed by atoms with van der Waals surface area (Å²) in [6.07, 6.45) is 4.39. The summed E-state index contributed by atoms with van der Waals surface area (Å²) in [5, 5.41) is 5.80. The fourth-order valence-corrected chi connectivity index (χ4v) is 2.71. The van der Waals surface area contributed by atoms with Gasteiger partial charge in [-0.15, -0.1) is 0 Å². The average Bonchev–Trinajstić information content (AvgIpc) is 3.28. The van der Waals surface area contributed by atoms with Gasteiger partial charge in [-0.3, -0.25) is 0 Å². The normalized spacial score (nSPS) is 13.9. The highest BCUT2D eigenvalue weighted by Gasteiger charge is 2.28. The molecule has 2 N–H and O–H groups in total. The van der Waals surface area contributed by atoms with Crippen LogP contribution in [0.25, 0.3) is 0 Å². The van der Waals surface area contributed by atoms with E-state index in [1.165, 1.54) is 29.8 Å². The second-order valence-corrected chi connectivity index (χ2v) is 6.36. The van der Waals surface area contributed by atoms with E-state index in [4.69, 9.17) is 0 Å². The molecule has 1 saturated carbocycles. The maximum Gasteiger partial charge on any atom is 0.319 e. The fourth-order valence-electron chi connectivity index (χ4n) is 2.71. The molecule has 1 aromatic heterocycles. The Bertz CT molecular complexity index is 716. The summed E-state index contributed by atoms with van der Waals surface area (Å²) in [4.78, 5) is 16.5. The van der Waals surface area contributed by atoms with E-state index in [1.54, 1.807) is 0 Å². The van der Waals surface area contributed by atoms with Crippen molar-refractivity contribution in [3.63, 3.8) is 0 Å². The zero-order valence-electron chi connectivity index (χ0n) is 14.0. The number of anilines is 1. The van der Waals surface area contributed by atoms with Crippen LogP contribution in [0.2, 0.25) is 0 Å². The van der Waals surface area contributed by atoms with Crippen molar-refractivity contribution in [1.29, 1.82) is 0 Å². The molecule has 0 bridgehead atoms. The van der Waals surface area contributed by atoms with Gasteiger partial charge in [-0.1, -0.05) is 6.07 Å². The van der Waals surface area contributed by atoms with Crippen LogP contribution >= 0.6 is 0 Å². The molecule has 5 heteroatoms. The molecule has 0 saturated heterocycles. The van der Waals surface area contributed by atoms with E-state index in [0.29, 0.717) is 12.5 Å². The quantitative estimate of drug-likeness (QED) is 0.887. The van der Waals surface area contributed by atoms with Crippen molar-refractivity contribution in [2.24, 2.45) is 0 Å². The number of rotatable bonds is 5. The van der Waals surface area contributed by atoms with Gasteiger partial charge >= 0.3 is 6.03 Å². The van der Waals surface area contributed by atoms with Crippen molar-refractivity contribution in [3.8, 4) is 0 Å². The van der Waals surface area contributed by atoms with E-state index < -0.39 is 0 Å². The van der Waals surface area contributed by atoms with Gasteiger partial charge in [0.1, 0.15) is 5.82 Å². The molecule has 0 atom stereocenters. The second kappa shape index (κ2) is 6.44. The van der Waals surface area contributed by atoms with Crippen molar-refractivity contribution in [1.82, 2.24) is 14.9 Å². The molecule has 23 heavy (non-hydrogen) atoms. The zero-order valence-corrected chi connectivity index (χ0v) is 14.0. The van der Waals surface area contributed by atoms with E-state index in [1.807, 2.05) is 31.3 Å². The summed E-state index contributed by atoms with van der Waals surface area (Å²) in [6.45, 7) is 7.52. The van der Waals surface area contributed by atoms with E-state index in [-0.39, 0.29) is 6.03 Å². The molecular formula is C18H24N4O. The van der Waals surface area contributed by atoms with Crippen LogP contribution < -0.4 is 10.6 Å². The van der Waals surface area contributed by atoms with E-state index in [0.717, 1.165) is 17.9 Å². The number of nitrogens with zero attached hydrogens (tertiary/aromatic N) is 2. The molecule has 0 unspecified atom stereocenters. The molecule has 1 aliphatic rings. The minimum absolute atomic E-state index is 0.168. The average molecular weight is 312 g/mol. The molecule has 1 aromatic carbocycles. The van der Waals surface area contributed by atoms with Crippen molar-refractivity contribution in [3.05, 3.63) is 47.0 Å². The van der Waals surface area contributed by atoms with Gasteiger partial charge in [0.15, 0.2) is 0 Å². The minimum Gasteiger partial charge on any atom is -0.336 e. The Morgan fingerprint density at radius 1 is 1.26 bits per heavy atom. The van der Waals surface area contributed by atoms with Crippen LogP contribution in [0.15, 0.2) is 24.4 Å². The first kappa shape index (κ1) is 15.6. The van der Waals surface area contributed by atoms with Crippen molar-refractivity contribution < 1.29 is 4.79 Å². The number of benzene rings is 1. The van der Waals surface area contributed by atoms with Crippen LogP contribution in [0, 0.1) is 20.8 Å². The third kappa shape index (κ3) is 3.73. The second-order valence-electron chi connectivity index (χ2n) is 6.36. The molecule has 1 heterocycles. The molecule has 1 fully saturated rings. The summed E-state index contributed by atoms with van der Waals surface area (Å²) < 4.78 is 2.22. The van der Waals surface area contributed by atoms with Gasteiger partial charge in [-0.25, -0.2) is 9.78 Å². The number of aryl methyl sites for hydroxylation is 3. The molecule has 122 valence electrons. The number of hydrogen-bond donors (Lipinski definition) is 2. The van der Waals surface area contributed by atoms with Gasteiger partial charge in [0.2, 0.25) is 0 Å². The predicted molar refractivity (Wildman–Crippen MR) is 91.9 cm³/mol. The first-order valence-electron chi connectivity index (χ1n) is 8.18. The molecule has 0 aliphatic heterocycles. The summed E-state index contributed by atoms with van der Waals surface area (Å²) in [6, 6.07) is 5.76. The lowest BCUT2D eigenvalue weighted by Crippen LogP contribution is -2.32. The lowest BCUT2D eigenvalue weighted by Gasteiger charge is -2.12. The monoisotopic (exact) mass is 312 g/mol. The summed E-state index contributed by atoms with van der Waals surface area (Å²) in [5.41, 5.74) is 4.37. The summed E-state index contributed by atoms with van der Waals surface area (Å²) in [5.74, 6) is 1.78. The topological polar surface area (TPSA) is 59.0 Å². The van der Waals surface area contributed by atoms with E-state index in [2.05, 4.69) is 34.0 Å². The van der Waals surface area contributed by atoms with Gasteiger partial charge < -0.3 is 15.2 Å². The molecule has 1 aliphatic carbocycles. The van der Waals surface area contributed by atoms with Gasteiger partial charge in [0.05, 0.1) is 0 Å². The molecular weight excluding hydrogens is 288 g/mol. The molecule has 5 nitrogen and oxygen atoms in total. The fraction of sp³-hybridized carbons (Fsp3) is 0.444. The number of urea groups is 1. The van der Waals surface area contributed by atoms with E-state index >= 15 is 0 Å². The van der Waals surface area contributed by atoms with Crippen LogP contribution in [0.4, 0.5) is 10.5 Å². The van der Waals surface area contributed by atoms with E-state index in [9.17, 15) is 4.79 Å². The predicted octanol–water partition coefficient (Wildman–Crippen LogP) is 3.51. The highest BCUT2D eigenvalue weighted by Crippen LogP contribution is 2.39. The Labute approximate surface area is 137 Å². The maximum atomic E-state index is 12.0. The number of carbonyl (C=O) groups excluding carboxylic acids is 1. The third-order valence-corrected chi connectivity index (χ3v) is 4.41. The van der Waals surface area contributed by atoms with Crippen LogP contribution in [-0.2, 0) is 6.54 Å². The SMILES string of the molecule is Cc1ccc(NC(=O)NCCn2c(C)cnc2C2CC2)cc1C. The van der Waals surface area contributed by atoms with Crippen LogP contribution in [-0.4, -0.2) is 22.1 Å². The molecule has 0 spiro atoms. The number of amides is 2. The Balaban J connectivity index is 1.51. The smallest absolute Gasteiger partial charge is 0.319 e. The highest BCUT2D eigenvalue weighted by molar-refractivity contribution is 5.89. The highest BCUT2D eigenvalue weighted by atomic mass is 16.2. The molecule has 3 rings (SSSR count). The van der Waals surface area contributed by atoms with Crippen molar-refractivity contribution in [2.75, 3.05) is 11.9 Å². The lowest BCUT2D eigenvalue weighted by molar-refractivity contribution is 0.251. The van der Waals surface area contributed by atoms with Crippen LogP contribution in [0.1, 0.15) is 41.4 Å². The van der Waals surface area contributed by atoms with Crippen LogP contribution in [0.3, 0.4) is 0 Å². The molecule has 2 amide bonds. The number of aromatic nitrogens is 2. The molecule has 2 aromatic rings.